The zero-order chi connectivity index (χ0) is 13.0. The summed E-state index contributed by atoms with van der Waals surface area (Å²) in [5, 5.41) is 8.11. The van der Waals surface area contributed by atoms with Gasteiger partial charge in [0.05, 0.1) is 5.69 Å². The molecular formula is C13H15N5O. The van der Waals surface area contributed by atoms with Crippen LogP contribution in [0.1, 0.15) is 31.9 Å². The maximum Gasteiger partial charge on any atom is 0.352 e. The standard InChI is InChI=1S/C13H15N5O/c1-12-5-13(12,8-4-3-7(8)12)9-10-15-16-17(2)11(19)18(10)6-14-9/h6-8H,3-5H2,1-2H3/t7-,8+,12?,13?/m1/s1. The molecule has 3 fully saturated rings. The van der Waals surface area contributed by atoms with Crippen LogP contribution in [0.25, 0.3) is 5.65 Å². The molecular weight excluding hydrogens is 242 g/mol. The second kappa shape index (κ2) is 2.59. The van der Waals surface area contributed by atoms with Gasteiger partial charge in [-0.25, -0.2) is 14.2 Å². The van der Waals surface area contributed by atoms with E-state index >= 15 is 0 Å². The summed E-state index contributed by atoms with van der Waals surface area (Å²) in [6, 6.07) is 0. The van der Waals surface area contributed by atoms with Gasteiger partial charge in [-0.1, -0.05) is 12.1 Å². The van der Waals surface area contributed by atoms with E-state index in [2.05, 4.69) is 22.2 Å². The molecule has 3 saturated carbocycles. The third-order valence-electron chi connectivity index (χ3n) is 6.19. The topological polar surface area (TPSA) is 65.1 Å². The zero-order valence-electron chi connectivity index (χ0n) is 11.0. The van der Waals surface area contributed by atoms with Crippen molar-refractivity contribution in [3.63, 3.8) is 0 Å². The first-order valence-corrected chi connectivity index (χ1v) is 6.87. The predicted octanol–water partition coefficient (Wildman–Crippen LogP) is 0.511. The fourth-order valence-corrected chi connectivity index (χ4v) is 5.03. The van der Waals surface area contributed by atoms with Crippen LogP contribution in [0.15, 0.2) is 11.1 Å². The molecule has 0 radical (unpaired) electrons. The van der Waals surface area contributed by atoms with Crippen LogP contribution in [0.4, 0.5) is 0 Å². The third kappa shape index (κ3) is 0.803. The van der Waals surface area contributed by atoms with E-state index in [9.17, 15) is 4.79 Å². The second-order valence-electron chi connectivity index (χ2n) is 6.64. The SMILES string of the molecule is Cn1nnc2c(C34CC3(C)[C@@H]3CC[C@@H]34)ncn2c1=O. The highest BCUT2D eigenvalue weighted by Gasteiger charge is 2.85. The number of rotatable bonds is 1. The van der Waals surface area contributed by atoms with Crippen molar-refractivity contribution >= 4 is 5.65 Å². The summed E-state index contributed by atoms with van der Waals surface area (Å²) < 4.78 is 2.77. The minimum atomic E-state index is -0.174. The molecule has 3 aliphatic rings. The molecule has 0 bridgehead atoms. The van der Waals surface area contributed by atoms with E-state index in [-0.39, 0.29) is 11.1 Å². The number of aromatic nitrogens is 5. The van der Waals surface area contributed by atoms with E-state index < -0.39 is 0 Å². The molecule has 6 heteroatoms. The van der Waals surface area contributed by atoms with Gasteiger partial charge in [-0.3, -0.25) is 0 Å². The van der Waals surface area contributed by atoms with Gasteiger partial charge in [-0.2, -0.15) is 4.68 Å². The van der Waals surface area contributed by atoms with E-state index in [1.165, 1.54) is 28.3 Å². The lowest BCUT2D eigenvalue weighted by Gasteiger charge is -2.57. The first-order chi connectivity index (χ1) is 9.09. The maximum absolute atomic E-state index is 12.0. The van der Waals surface area contributed by atoms with Crippen molar-refractivity contribution in [1.29, 1.82) is 0 Å². The first kappa shape index (κ1) is 10.1. The maximum atomic E-state index is 12.0. The Hall–Kier alpha value is -1.72. The smallest absolute Gasteiger partial charge is 0.245 e. The zero-order valence-corrected chi connectivity index (χ0v) is 11.0. The molecule has 2 aromatic rings. The van der Waals surface area contributed by atoms with Crippen molar-refractivity contribution < 1.29 is 0 Å². The molecule has 0 N–H and O–H groups in total. The number of fused-ring (bicyclic) bond motifs is 5. The quantitative estimate of drug-likeness (QED) is 0.746. The molecule has 98 valence electrons. The minimum absolute atomic E-state index is 0.174. The van der Waals surface area contributed by atoms with Gasteiger partial charge in [0.2, 0.25) is 0 Å². The predicted molar refractivity (Wildman–Crippen MR) is 66.6 cm³/mol. The fraction of sp³-hybridized carbons (Fsp3) is 0.692. The van der Waals surface area contributed by atoms with Crippen LogP contribution >= 0.6 is 0 Å². The van der Waals surface area contributed by atoms with Crippen LogP contribution in [0.3, 0.4) is 0 Å². The summed E-state index contributed by atoms with van der Waals surface area (Å²) in [6.45, 7) is 2.37. The first-order valence-electron chi connectivity index (χ1n) is 6.87. The molecule has 4 atom stereocenters. The van der Waals surface area contributed by atoms with E-state index in [0.717, 1.165) is 17.5 Å². The Balaban J connectivity index is 1.76. The summed E-state index contributed by atoms with van der Waals surface area (Å²) in [5.41, 5.74) is 2.12. The van der Waals surface area contributed by atoms with Gasteiger partial charge in [0.1, 0.15) is 6.33 Å². The highest BCUT2D eigenvalue weighted by atomic mass is 16.2. The molecule has 0 aliphatic heterocycles. The molecule has 2 unspecified atom stereocenters. The van der Waals surface area contributed by atoms with Crippen molar-refractivity contribution in [2.45, 2.75) is 31.6 Å². The number of hydrogen-bond donors (Lipinski definition) is 0. The molecule has 2 aromatic heterocycles. The molecule has 0 saturated heterocycles. The molecule has 2 heterocycles. The van der Waals surface area contributed by atoms with Crippen molar-refractivity contribution in [2.24, 2.45) is 24.3 Å². The Kier molecular flexibility index (Phi) is 1.38. The van der Waals surface area contributed by atoms with Gasteiger partial charge in [0.15, 0.2) is 5.65 Å². The van der Waals surface area contributed by atoms with E-state index in [4.69, 9.17) is 0 Å². The fourth-order valence-electron chi connectivity index (χ4n) is 5.03. The minimum Gasteiger partial charge on any atom is -0.245 e. The Morgan fingerprint density at radius 2 is 2.16 bits per heavy atom. The van der Waals surface area contributed by atoms with E-state index in [0.29, 0.717) is 11.1 Å². The van der Waals surface area contributed by atoms with Crippen molar-refractivity contribution in [1.82, 2.24) is 24.4 Å². The normalized spacial score (nSPS) is 42.2. The summed E-state index contributed by atoms with van der Waals surface area (Å²) in [7, 11) is 1.61. The number of nitrogens with zero attached hydrogens (tertiary/aromatic N) is 5. The van der Waals surface area contributed by atoms with Gasteiger partial charge >= 0.3 is 5.69 Å². The van der Waals surface area contributed by atoms with Crippen LogP contribution < -0.4 is 5.69 Å². The largest absolute Gasteiger partial charge is 0.352 e. The van der Waals surface area contributed by atoms with Crippen molar-refractivity contribution in [3.8, 4) is 0 Å². The monoisotopic (exact) mass is 257 g/mol. The molecule has 19 heavy (non-hydrogen) atoms. The Morgan fingerprint density at radius 3 is 2.84 bits per heavy atom. The number of imidazole rings is 1. The van der Waals surface area contributed by atoms with Crippen LogP contribution in [-0.2, 0) is 12.5 Å². The Labute approximate surface area is 109 Å². The van der Waals surface area contributed by atoms with Crippen molar-refractivity contribution in [3.05, 3.63) is 22.5 Å². The molecule has 0 aromatic carbocycles. The van der Waals surface area contributed by atoms with Gasteiger partial charge in [0, 0.05) is 12.5 Å². The van der Waals surface area contributed by atoms with Gasteiger partial charge in [-0.15, -0.1) is 5.10 Å². The highest BCUT2D eigenvalue weighted by molar-refractivity contribution is 5.57. The molecule has 0 amide bonds. The summed E-state index contributed by atoms with van der Waals surface area (Å²) in [5.74, 6) is 1.64. The van der Waals surface area contributed by atoms with Gasteiger partial charge < -0.3 is 0 Å². The van der Waals surface area contributed by atoms with Gasteiger partial charge in [0.25, 0.3) is 0 Å². The van der Waals surface area contributed by atoms with Crippen LogP contribution in [0.2, 0.25) is 0 Å². The molecule has 3 aliphatic carbocycles. The van der Waals surface area contributed by atoms with Crippen LogP contribution in [0, 0.1) is 17.3 Å². The average molecular weight is 257 g/mol. The van der Waals surface area contributed by atoms with Crippen molar-refractivity contribution in [2.75, 3.05) is 0 Å². The Bertz CT molecular complexity index is 792. The Morgan fingerprint density at radius 1 is 1.37 bits per heavy atom. The van der Waals surface area contributed by atoms with E-state index in [1.807, 2.05) is 0 Å². The van der Waals surface area contributed by atoms with E-state index in [1.54, 1.807) is 13.4 Å². The third-order valence-corrected chi connectivity index (χ3v) is 6.19. The summed E-state index contributed by atoms with van der Waals surface area (Å²) in [4.78, 5) is 16.6. The number of hydrogen-bond acceptors (Lipinski definition) is 4. The number of aryl methyl sites for hydroxylation is 1. The van der Waals surface area contributed by atoms with Crippen LogP contribution in [0.5, 0.6) is 0 Å². The van der Waals surface area contributed by atoms with Gasteiger partial charge in [-0.05, 0) is 36.5 Å². The average Bonchev–Trinajstić information content (AvgIpc) is 2.71. The lowest BCUT2D eigenvalue weighted by molar-refractivity contribution is -0.0489. The second-order valence-corrected chi connectivity index (χ2v) is 6.64. The highest BCUT2D eigenvalue weighted by Crippen LogP contribution is 2.88. The summed E-state index contributed by atoms with van der Waals surface area (Å²) >= 11 is 0. The molecule has 0 spiro atoms. The summed E-state index contributed by atoms with van der Waals surface area (Å²) in [6.07, 6.45) is 5.49. The molecule has 5 rings (SSSR count). The lowest BCUT2D eigenvalue weighted by Crippen LogP contribution is -2.54. The molecule has 6 nitrogen and oxygen atoms in total. The lowest BCUT2D eigenvalue weighted by atomic mass is 9.47. The van der Waals surface area contributed by atoms with Crippen LogP contribution in [-0.4, -0.2) is 24.4 Å².